The van der Waals surface area contributed by atoms with Crippen LogP contribution in [0.5, 0.6) is 0 Å². The highest BCUT2D eigenvalue weighted by Gasteiger charge is 2.30. The molecule has 1 fully saturated rings. The van der Waals surface area contributed by atoms with Crippen LogP contribution in [0.1, 0.15) is 43.0 Å². The molecule has 0 radical (unpaired) electrons. The summed E-state index contributed by atoms with van der Waals surface area (Å²) >= 11 is 5.95. The van der Waals surface area contributed by atoms with E-state index in [1.54, 1.807) is 12.3 Å². The summed E-state index contributed by atoms with van der Waals surface area (Å²) in [6.45, 7) is 2.09. The van der Waals surface area contributed by atoms with Crippen LogP contribution in [-0.4, -0.2) is 16.4 Å². The molecule has 1 aromatic heterocycles. The van der Waals surface area contributed by atoms with Crippen LogP contribution in [0.15, 0.2) is 18.5 Å². The fourth-order valence-corrected chi connectivity index (χ4v) is 2.36. The van der Waals surface area contributed by atoms with E-state index in [1.807, 2.05) is 0 Å². The average Bonchev–Trinajstić information content (AvgIpc) is 2.65. The summed E-state index contributed by atoms with van der Waals surface area (Å²) in [6.07, 6.45) is 7.52. The fraction of sp³-hybridized carbons (Fsp3) is 0.500. The lowest BCUT2D eigenvalue weighted by atomic mass is 10.0. The van der Waals surface area contributed by atoms with Crippen molar-refractivity contribution < 1.29 is 4.79 Å². The van der Waals surface area contributed by atoms with Gasteiger partial charge in [0.1, 0.15) is 0 Å². The third-order valence-corrected chi connectivity index (χ3v) is 3.46. The molecule has 3 nitrogen and oxygen atoms in total. The lowest BCUT2D eigenvalue weighted by Gasteiger charge is -2.25. The van der Waals surface area contributed by atoms with Crippen LogP contribution in [0.25, 0.3) is 0 Å². The van der Waals surface area contributed by atoms with Crippen LogP contribution in [0.4, 0.5) is 0 Å². The third-order valence-electron chi connectivity index (χ3n) is 3.13. The summed E-state index contributed by atoms with van der Waals surface area (Å²) in [7, 11) is 0. The highest BCUT2D eigenvalue weighted by molar-refractivity contribution is 6.33. The van der Waals surface area contributed by atoms with Gasteiger partial charge in [-0.3, -0.25) is 9.78 Å². The second-order valence-electron chi connectivity index (χ2n) is 4.58. The monoisotopic (exact) mass is 238 g/mol. The van der Waals surface area contributed by atoms with Gasteiger partial charge in [-0.1, -0.05) is 24.4 Å². The Hall–Kier alpha value is -1.09. The predicted octanol–water partition coefficient (Wildman–Crippen LogP) is 2.80. The number of carbonyl (C=O) groups is 1. The standard InChI is InChI=1S/C12H15ClN2O/c1-12(5-2-3-6-12)15-11(16)9-8-14-7-4-10(9)13/h4,7-8H,2-3,5-6H2,1H3,(H,15,16). The minimum Gasteiger partial charge on any atom is -0.347 e. The lowest BCUT2D eigenvalue weighted by molar-refractivity contribution is 0.0908. The van der Waals surface area contributed by atoms with E-state index in [0.717, 1.165) is 12.8 Å². The quantitative estimate of drug-likeness (QED) is 0.861. The van der Waals surface area contributed by atoms with E-state index in [1.165, 1.54) is 19.0 Å². The molecule has 0 unspecified atom stereocenters. The number of halogens is 1. The molecule has 86 valence electrons. The zero-order chi connectivity index (χ0) is 11.6. The minimum atomic E-state index is -0.123. The molecule has 1 N–H and O–H groups in total. The molecule has 1 amide bonds. The Morgan fingerprint density at radius 3 is 2.81 bits per heavy atom. The van der Waals surface area contributed by atoms with E-state index in [-0.39, 0.29) is 11.4 Å². The first-order valence-electron chi connectivity index (χ1n) is 5.53. The summed E-state index contributed by atoms with van der Waals surface area (Å²) in [5.41, 5.74) is 0.383. The molecule has 0 saturated heterocycles. The summed E-state index contributed by atoms with van der Waals surface area (Å²) < 4.78 is 0. The van der Waals surface area contributed by atoms with E-state index in [4.69, 9.17) is 11.6 Å². The maximum absolute atomic E-state index is 12.0. The van der Waals surface area contributed by atoms with Crippen LogP contribution in [0.2, 0.25) is 5.02 Å². The summed E-state index contributed by atoms with van der Waals surface area (Å²) in [5.74, 6) is -0.123. The van der Waals surface area contributed by atoms with Crippen molar-refractivity contribution in [3.05, 3.63) is 29.0 Å². The van der Waals surface area contributed by atoms with Crippen LogP contribution in [0.3, 0.4) is 0 Å². The molecule has 4 heteroatoms. The number of nitrogens with zero attached hydrogens (tertiary/aromatic N) is 1. The zero-order valence-electron chi connectivity index (χ0n) is 9.29. The second kappa shape index (κ2) is 4.42. The predicted molar refractivity (Wildman–Crippen MR) is 63.6 cm³/mol. The Bertz CT molecular complexity index is 400. The number of carbonyl (C=O) groups excluding carboxylic acids is 1. The van der Waals surface area contributed by atoms with Crippen molar-refractivity contribution in [2.45, 2.75) is 38.1 Å². The van der Waals surface area contributed by atoms with Gasteiger partial charge in [0.05, 0.1) is 10.6 Å². The van der Waals surface area contributed by atoms with Crippen molar-refractivity contribution >= 4 is 17.5 Å². The van der Waals surface area contributed by atoms with Gasteiger partial charge in [-0.25, -0.2) is 0 Å². The van der Waals surface area contributed by atoms with Gasteiger partial charge in [-0.05, 0) is 25.8 Å². The smallest absolute Gasteiger partial charge is 0.254 e. The Morgan fingerprint density at radius 1 is 1.50 bits per heavy atom. The van der Waals surface area contributed by atoms with Crippen molar-refractivity contribution in [2.24, 2.45) is 0 Å². The number of rotatable bonds is 2. The number of hydrogen-bond donors (Lipinski definition) is 1. The number of aromatic nitrogens is 1. The van der Waals surface area contributed by atoms with Crippen molar-refractivity contribution in [2.75, 3.05) is 0 Å². The van der Waals surface area contributed by atoms with Gasteiger partial charge in [0, 0.05) is 17.9 Å². The van der Waals surface area contributed by atoms with E-state index in [0.29, 0.717) is 10.6 Å². The number of amides is 1. The highest BCUT2D eigenvalue weighted by atomic mass is 35.5. The van der Waals surface area contributed by atoms with Gasteiger partial charge in [-0.15, -0.1) is 0 Å². The number of pyridine rings is 1. The Kier molecular flexibility index (Phi) is 3.15. The molecular formula is C12H15ClN2O. The molecule has 1 saturated carbocycles. The first-order chi connectivity index (χ1) is 7.61. The molecule has 1 heterocycles. The Morgan fingerprint density at radius 2 is 2.19 bits per heavy atom. The largest absolute Gasteiger partial charge is 0.347 e. The summed E-state index contributed by atoms with van der Waals surface area (Å²) in [4.78, 5) is 15.9. The van der Waals surface area contributed by atoms with Gasteiger partial charge < -0.3 is 5.32 Å². The van der Waals surface area contributed by atoms with Crippen molar-refractivity contribution in [1.82, 2.24) is 10.3 Å². The summed E-state index contributed by atoms with van der Waals surface area (Å²) in [6, 6.07) is 1.63. The molecule has 1 aliphatic rings. The molecule has 0 aliphatic heterocycles. The Balaban J connectivity index is 2.11. The maximum Gasteiger partial charge on any atom is 0.254 e. The SMILES string of the molecule is CC1(NC(=O)c2cnccc2Cl)CCCC1. The van der Waals surface area contributed by atoms with Gasteiger partial charge in [0.2, 0.25) is 0 Å². The van der Waals surface area contributed by atoms with Crippen molar-refractivity contribution in [3.8, 4) is 0 Å². The molecule has 0 aromatic carbocycles. The van der Waals surface area contributed by atoms with Crippen LogP contribution >= 0.6 is 11.6 Å². The molecular weight excluding hydrogens is 224 g/mol. The molecule has 0 atom stereocenters. The maximum atomic E-state index is 12.0. The Labute approximate surface area is 100 Å². The second-order valence-corrected chi connectivity index (χ2v) is 4.98. The van der Waals surface area contributed by atoms with Crippen LogP contribution < -0.4 is 5.32 Å². The topological polar surface area (TPSA) is 42.0 Å². The highest BCUT2D eigenvalue weighted by Crippen LogP contribution is 2.29. The zero-order valence-corrected chi connectivity index (χ0v) is 10.0. The molecule has 0 bridgehead atoms. The lowest BCUT2D eigenvalue weighted by Crippen LogP contribution is -2.43. The van der Waals surface area contributed by atoms with Crippen LogP contribution in [-0.2, 0) is 0 Å². The van der Waals surface area contributed by atoms with Crippen molar-refractivity contribution in [3.63, 3.8) is 0 Å². The summed E-state index contributed by atoms with van der Waals surface area (Å²) in [5, 5.41) is 3.50. The van der Waals surface area contributed by atoms with E-state index < -0.39 is 0 Å². The molecule has 0 spiro atoms. The number of nitrogens with one attached hydrogen (secondary N) is 1. The fourth-order valence-electron chi connectivity index (χ4n) is 2.17. The van der Waals surface area contributed by atoms with Gasteiger partial charge >= 0.3 is 0 Å². The molecule has 1 aliphatic carbocycles. The molecule has 1 aromatic rings. The third kappa shape index (κ3) is 2.35. The first-order valence-corrected chi connectivity index (χ1v) is 5.91. The first kappa shape index (κ1) is 11.4. The van der Waals surface area contributed by atoms with Gasteiger partial charge in [-0.2, -0.15) is 0 Å². The van der Waals surface area contributed by atoms with Gasteiger partial charge in [0.25, 0.3) is 5.91 Å². The van der Waals surface area contributed by atoms with Gasteiger partial charge in [0.15, 0.2) is 0 Å². The van der Waals surface area contributed by atoms with Crippen molar-refractivity contribution in [1.29, 1.82) is 0 Å². The van der Waals surface area contributed by atoms with Crippen LogP contribution in [0, 0.1) is 0 Å². The normalized spacial score (nSPS) is 18.4. The van der Waals surface area contributed by atoms with E-state index >= 15 is 0 Å². The molecule has 16 heavy (non-hydrogen) atoms. The van der Waals surface area contributed by atoms with E-state index in [2.05, 4.69) is 17.2 Å². The minimum absolute atomic E-state index is 0.0732. The number of hydrogen-bond acceptors (Lipinski definition) is 2. The van der Waals surface area contributed by atoms with E-state index in [9.17, 15) is 4.79 Å². The molecule has 2 rings (SSSR count). The average molecular weight is 239 g/mol.